The predicted molar refractivity (Wildman–Crippen MR) is 212 cm³/mol. The summed E-state index contributed by atoms with van der Waals surface area (Å²) in [4.78, 5) is 46.8. The number of nitrogens with zero attached hydrogens (tertiary/aromatic N) is 5. The summed E-state index contributed by atoms with van der Waals surface area (Å²) in [6.45, 7) is 0.262. The van der Waals surface area contributed by atoms with Gasteiger partial charge in [0.25, 0.3) is 5.91 Å². The molecule has 2 aliphatic heterocycles. The van der Waals surface area contributed by atoms with Gasteiger partial charge in [0.2, 0.25) is 5.91 Å². The van der Waals surface area contributed by atoms with Crippen LogP contribution in [0.4, 0.5) is 5.82 Å². The van der Waals surface area contributed by atoms with Gasteiger partial charge in [0.1, 0.15) is 12.5 Å². The summed E-state index contributed by atoms with van der Waals surface area (Å²) < 4.78 is 29.5. The van der Waals surface area contributed by atoms with Crippen LogP contribution in [0.15, 0.2) is 132 Å². The van der Waals surface area contributed by atoms with Gasteiger partial charge in [0.05, 0.1) is 30.4 Å². The number of benzene rings is 4. The van der Waals surface area contributed by atoms with Gasteiger partial charge in [0.15, 0.2) is 0 Å². The maximum atomic E-state index is 13.9. The van der Waals surface area contributed by atoms with E-state index in [-0.39, 0.29) is 31.0 Å². The van der Waals surface area contributed by atoms with Gasteiger partial charge >= 0.3 is 12.6 Å². The molecule has 2 aliphatic rings. The van der Waals surface area contributed by atoms with Crippen LogP contribution in [0.2, 0.25) is 0 Å². The second-order valence-corrected chi connectivity index (χ2v) is 16.4. The molecular formula is C41H42ClN6O6P. The summed E-state index contributed by atoms with van der Waals surface area (Å²) >= 11 is 6.70. The fourth-order valence-electron chi connectivity index (χ4n) is 7.56. The van der Waals surface area contributed by atoms with Gasteiger partial charge in [-0.05, 0) is 52.2 Å². The number of piperazine rings is 1. The van der Waals surface area contributed by atoms with Gasteiger partial charge in [-0.3, -0.25) is 28.1 Å². The highest BCUT2D eigenvalue weighted by atomic mass is 35.7. The molecule has 0 saturated carbocycles. The van der Waals surface area contributed by atoms with Crippen LogP contribution < -0.4 is 11.0 Å². The Morgan fingerprint density at radius 3 is 2.07 bits per heavy atom. The van der Waals surface area contributed by atoms with Crippen molar-refractivity contribution in [2.45, 2.75) is 18.4 Å². The first-order valence-electron chi connectivity index (χ1n) is 18.1. The number of aromatic nitrogens is 2. The minimum atomic E-state index is -3.78. The van der Waals surface area contributed by atoms with Crippen molar-refractivity contribution in [1.29, 1.82) is 0 Å². The maximum absolute atomic E-state index is 13.9. The normalized spacial score (nSPS) is 18.0. The SMILES string of the molecule is CC(=O)N1CCN(P(=O)(Cl)OCN2CCOCC2C(c2ccccc2)(c2ccccc2)c2ccccc2-n2ccc(NC(=O)c3ccccc3)nc2=O)CC1. The van der Waals surface area contributed by atoms with Crippen molar-refractivity contribution in [3.05, 3.63) is 160 Å². The van der Waals surface area contributed by atoms with Crippen molar-refractivity contribution in [3.8, 4) is 5.69 Å². The first-order chi connectivity index (χ1) is 26.7. The molecule has 12 nitrogen and oxygen atoms in total. The van der Waals surface area contributed by atoms with Crippen LogP contribution in [0.3, 0.4) is 0 Å². The molecule has 2 saturated heterocycles. The van der Waals surface area contributed by atoms with E-state index in [2.05, 4.69) is 39.5 Å². The fraction of sp³-hybridized carbons (Fsp3) is 0.268. The predicted octanol–water partition coefficient (Wildman–Crippen LogP) is 6.01. The van der Waals surface area contributed by atoms with E-state index < -0.39 is 24.0 Å². The number of halogens is 1. The van der Waals surface area contributed by atoms with Crippen molar-refractivity contribution < 1.29 is 23.4 Å². The van der Waals surface area contributed by atoms with Crippen molar-refractivity contribution in [1.82, 2.24) is 24.0 Å². The van der Waals surface area contributed by atoms with Gasteiger partial charge in [0, 0.05) is 51.4 Å². The molecule has 0 aliphatic carbocycles. The van der Waals surface area contributed by atoms with E-state index in [4.69, 9.17) is 20.5 Å². The molecule has 1 N–H and O–H groups in total. The summed E-state index contributed by atoms with van der Waals surface area (Å²) in [7, 11) is 0. The Labute approximate surface area is 324 Å². The van der Waals surface area contributed by atoms with Crippen LogP contribution in [0, 0.1) is 0 Å². The van der Waals surface area contributed by atoms with Gasteiger partial charge in [-0.1, -0.05) is 97.1 Å². The molecule has 284 valence electrons. The van der Waals surface area contributed by atoms with Crippen LogP contribution in [-0.4, -0.2) is 94.5 Å². The van der Waals surface area contributed by atoms with Crippen LogP contribution in [-0.2, 0) is 24.0 Å². The smallest absolute Gasteiger partial charge is 0.364 e. The molecule has 5 aromatic rings. The molecule has 2 atom stereocenters. The van der Waals surface area contributed by atoms with Gasteiger partial charge in [-0.15, -0.1) is 0 Å². The largest absolute Gasteiger partial charge is 0.378 e. The fourth-order valence-corrected chi connectivity index (χ4v) is 9.26. The number of anilines is 1. The summed E-state index contributed by atoms with van der Waals surface area (Å²) in [5, 5.41) is 2.73. The molecule has 1 aromatic heterocycles. The molecule has 14 heteroatoms. The van der Waals surface area contributed by atoms with E-state index in [1.165, 1.54) is 11.5 Å². The Hall–Kier alpha value is -4.94. The lowest BCUT2D eigenvalue weighted by molar-refractivity contribution is -0.130. The number of rotatable bonds is 11. The molecule has 4 aromatic carbocycles. The average Bonchev–Trinajstić information content (AvgIpc) is 3.22. The number of amides is 2. The topological polar surface area (TPSA) is 126 Å². The number of morpholine rings is 1. The van der Waals surface area contributed by atoms with E-state index >= 15 is 0 Å². The zero-order valence-electron chi connectivity index (χ0n) is 30.4. The number of ether oxygens (including phenoxy) is 1. The summed E-state index contributed by atoms with van der Waals surface area (Å²) in [6, 6.07) is 37.6. The van der Waals surface area contributed by atoms with E-state index in [9.17, 15) is 18.9 Å². The molecular weight excluding hydrogens is 739 g/mol. The Bertz CT molecular complexity index is 2180. The quantitative estimate of drug-likeness (QED) is 0.127. The van der Waals surface area contributed by atoms with E-state index in [1.807, 2.05) is 66.7 Å². The van der Waals surface area contributed by atoms with E-state index in [1.54, 1.807) is 46.1 Å². The molecule has 55 heavy (non-hydrogen) atoms. The first kappa shape index (κ1) is 38.3. The van der Waals surface area contributed by atoms with Crippen LogP contribution in [0.25, 0.3) is 5.69 Å². The minimum Gasteiger partial charge on any atom is -0.378 e. The number of hydrogen-bond acceptors (Lipinski definition) is 8. The van der Waals surface area contributed by atoms with Crippen molar-refractivity contribution >= 4 is 35.7 Å². The Morgan fingerprint density at radius 2 is 1.45 bits per heavy atom. The standard InChI is InChI=1S/C41H42ClN6O6P/c1-31(49)45-23-25-47(26-24-45)55(42,52)54-30-46-27-28-53-29-37(46)41(33-15-7-3-8-16-33,34-17-9-4-10-18-34)35-19-11-12-20-36(35)48-22-21-38(44-40(48)51)43-39(50)32-13-5-2-6-14-32/h2-22,37H,23-30H2,1H3,(H,43,44,50,51). The lowest BCUT2D eigenvalue weighted by atomic mass is 9.63. The lowest BCUT2D eigenvalue weighted by Crippen LogP contribution is -2.58. The van der Waals surface area contributed by atoms with Crippen LogP contribution in [0.5, 0.6) is 0 Å². The monoisotopic (exact) mass is 780 g/mol. The maximum Gasteiger partial charge on any atom is 0.364 e. The second-order valence-electron chi connectivity index (χ2n) is 13.4. The molecule has 0 bridgehead atoms. The van der Waals surface area contributed by atoms with Crippen molar-refractivity contribution in [2.75, 3.05) is 58.0 Å². The number of carbonyl (C=O) groups is 2. The van der Waals surface area contributed by atoms with Gasteiger partial charge < -0.3 is 15.0 Å². The molecule has 3 heterocycles. The Kier molecular flexibility index (Phi) is 11.7. The van der Waals surface area contributed by atoms with Crippen molar-refractivity contribution in [2.24, 2.45) is 0 Å². The average molecular weight is 781 g/mol. The van der Waals surface area contributed by atoms with Gasteiger partial charge in [-0.25, -0.2) is 9.46 Å². The first-order valence-corrected chi connectivity index (χ1v) is 20.6. The third-order valence-corrected chi connectivity index (χ3v) is 12.7. The van der Waals surface area contributed by atoms with Crippen molar-refractivity contribution in [3.63, 3.8) is 0 Å². The Balaban J connectivity index is 1.30. The third kappa shape index (κ3) is 8.07. The van der Waals surface area contributed by atoms with E-state index in [0.29, 0.717) is 50.6 Å². The highest BCUT2D eigenvalue weighted by molar-refractivity contribution is 7.83. The van der Waals surface area contributed by atoms with E-state index in [0.717, 1.165) is 16.7 Å². The molecule has 2 unspecified atom stereocenters. The molecule has 7 rings (SSSR count). The molecule has 2 fully saturated rings. The van der Waals surface area contributed by atoms with Crippen LogP contribution in [0.1, 0.15) is 34.0 Å². The summed E-state index contributed by atoms with van der Waals surface area (Å²) in [5.41, 5.74) is 2.08. The number of carbonyl (C=O) groups excluding carboxylic acids is 2. The molecule has 0 spiro atoms. The number of nitrogens with one attached hydrogen (secondary N) is 1. The van der Waals surface area contributed by atoms with Gasteiger partial charge in [-0.2, -0.15) is 4.98 Å². The third-order valence-electron chi connectivity index (χ3n) is 10.3. The highest BCUT2D eigenvalue weighted by Crippen LogP contribution is 2.56. The zero-order valence-corrected chi connectivity index (χ0v) is 32.0. The zero-order chi connectivity index (χ0) is 38.4. The Morgan fingerprint density at radius 1 is 0.855 bits per heavy atom. The summed E-state index contributed by atoms with van der Waals surface area (Å²) in [6.07, 6.45) is 1.61. The lowest BCUT2D eigenvalue weighted by Gasteiger charge is -2.50. The molecule has 2 amide bonds. The minimum absolute atomic E-state index is 0.0385. The second kappa shape index (κ2) is 16.8. The highest BCUT2D eigenvalue weighted by Gasteiger charge is 2.49. The van der Waals surface area contributed by atoms with Crippen LogP contribution >= 0.6 is 18.1 Å². The number of hydrogen-bond donors (Lipinski definition) is 1. The molecule has 0 radical (unpaired) electrons. The summed E-state index contributed by atoms with van der Waals surface area (Å²) in [5.74, 6) is -0.289. The number of para-hydroxylation sites is 1.